The minimum absolute atomic E-state index is 0.403. The molecule has 0 heterocycles. The van der Waals surface area contributed by atoms with Crippen LogP contribution in [-0.4, -0.2) is 17.1 Å². The molecule has 0 aliphatic rings. The Labute approximate surface area is 138 Å². The molecule has 0 atom stereocenters. The molecule has 0 spiro atoms. The molecule has 22 heavy (non-hydrogen) atoms. The number of hydrogen-bond donors (Lipinski definition) is 0. The molecule has 0 bridgehead atoms. The molecule has 2 aromatic rings. The molecule has 0 N–H and O–H groups in total. The van der Waals surface area contributed by atoms with Gasteiger partial charge in [0.2, 0.25) is 0 Å². The topological polar surface area (TPSA) is 35.5 Å². The van der Waals surface area contributed by atoms with E-state index in [-0.39, 0.29) is 0 Å². The molecule has 0 aromatic heterocycles. The van der Waals surface area contributed by atoms with Crippen LogP contribution >= 0.6 is 0 Å². The van der Waals surface area contributed by atoms with E-state index < -0.39 is 5.97 Å². The molecule has 0 radical (unpaired) electrons. The van der Waals surface area contributed by atoms with Gasteiger partial charge in [0.05, 0.1) is 0 Å². The molecule has 4 heteroatoms. The van der Waals surface area contributed by atoms with Crippen LogP contribution in [0.1, 0.15) is 22.8 Å². The van der Waals surface area contributed by atoms with Gasteiger partial charge in [0.1, 0.15) is 0 Å². The van der Waals surface area contributed by atoms with Gasteiger partial charge < -0.3 is 0 Å². The fourth-order valence-corrected chi connectivity index (χ4v) is 2.15. The summed E-state index contributed by atoms with van der Waals surface area (Å²) in [5.41, 5.74) is 1.31. The van der Waals surface area contributed by atoms with Crippen LogP contribution in [0.5, 0.6) is 0 Å². The summed E-state index contributed by atoms with van der Waals surface area (Å²) < 4.78 is 11.5. The van der Waals surface area contributed by atoms with Crippen molar-refractivity contribution in [2.75, 3.05) is 6.61 Å². The maximum absolute atomic E-state index is 12.2. The molecule has 0 aliphatic heterocycles. The van der Waals surface area contributed by atoms with E-state index in [1.165, 1.54) is 0 Å². The number of hydrogen-bond acceptors (Lipinski definition) is 3. The van der Waals surface area contributed by atoms with Gasteiger partial charge in [-0.2, -0.15) is 0 Å². The molecule has 0 fully saturated rings. The minimum atomic E-state index is -0.403. The average Bonchev–Trinajstić information content (AvgIpc) is 2.56. The molecule has 0 unspecified atom stereocenters. The molecule has 0 amide bonds. The van der Waals surface area contributed by atoms with Crippen molar-refractivity contribution in [2.24, 2.45) is 0 Å². The number of carbonyl (C=O) groups is 1. The molecule has 2 rings (SSSR count). The van der Waals surface area contributed by atoms with Crippen molar-refractivity contribution in [2.45, 2.75) is 6.92 Å². The standard InChI is InChI=1S/C18H16O3.Cr/c1-2-20-14-13-17(15-9-5-3-6-10-15)21-18(19)16-11-7-4-8-12-16;/h3-13H,2H2,1H3;/b17-13-;. The Hall–Kier alpha value is -1.99. The normalized spacial score (nSPS) is 11.0. The molecule has 3 nitrogen and oxygen atoms in total. The van der Waals surface area contributed by atoms with Crippen molar-refractivity contribution in [1.29, 1.82) is 0 Å². The van der Waals surface area contributed by atoms with Crippen LogP contribution < -0.4 is 0 Å². The van der Waals surface area contributed by atoms with Crippen LogP contribution in [0.15, 0.2) is 66.7 Å². The monoisotopic (exact) mass is 332 g/mol. The summed E-state index contributed by atoms with van der Waals surface area (Å²) in [6.07, 6.45) is 1.68. The molecule has 112 valence electrons. The summed E-state index contributed by atoms with van der Waals surface area (Å²) in [5.74, 6) is 0.0386. The molecular weight excluding hydrogens is 316 g/mol. The number of rotatable bonds is 6. The van der Waals surface area contributed by atoms with E-state index in [9.17, 15) is 4.79 Å². The van der Waals surface area contributed by atoms with Crippen LogP contribution in [0, 0.1) is 0 Å². The number of ether oxygens (including phenoxy) is 2. The van der Waals surface area contributed by atoms with Gasteiger partial charge in [-0.05, 0) is 0 Å². The molecule has 0 aliphatic carbocycles. The predicted molar refractivity (Wildman–Crippen MR) is 82.9 cm³/mol. The maximum atomic E-state index is 12.2. The third-order valence-electron chi connectivity index (χ3n) is 2.81. The van der Waals surface area contributed by atoms with Crippen molar-refractivity contribution in [1.82, 2.24) is 0 Å². The quantitative estimate of drug-likeness (QED) is 0.599. The van der Waals surface area contributed by atoms with Gasteiger partial charge in [-0.25, -0.2) is 0 Å². The third-order valence-corrected chi connectivity index (χ3v) is 3.17. The molecule has 0 saturated carbocycles. The average molecular weight is 332 g/mol. The summed E-state index contributed by atoms with van der Waals surface area (Å²) in [4.78, 5) is 12.2. The van der Waals surface area contributed by atoms with Crippen molar-refractivity contribution in [3.05, 3.63) is 77.9 Å². The molecule has 0 saturated heterocycles. The zero-order valence-corrected chi connectivity index (χ0v) is 13.5. The fraction of sp³-hybridized carbons (Fsp3) is 0.111. The Kier molecular flexibility index (Phi) is 6.30. The summed E-state index contributed by atoms with van der Waals surface area (Å²) in [6, 6.07) is 18.3. The van der Waals surface area contributed by atoms with E-state index in [0.717, 1.165) is 5.56 Å². The van der Waals surface area contributed by atoms with Gasteiger partial charge in [-0.3, -0.25) is 0 Å². The Balaban J connectivity index is 2.25. The summed E-state index contributed by atoms with van der Waals surface area (Å²) in [7, 11) is 0. The first kappa shape index (κ1) is 16.4. The second-order valence-electron chi connectivity index (χ2n) is 4.38. The van der Waals surface area contributed by atoms with E-state index in [4.69, 9.17) is 9.47 Å². The zero-order valence-electron chi connectivity index (χ0n) is 12.2. The van der Waals surface area contributed by atoms with Crippen LogP contribution in [0.4, 0.5) is 0 Å². The summed E-state index contributed by atoms with van der Waals surface area (Å²) in [5, 5.41) is 0. The van der Waals surface area contributed by atoms with Gasteiger partial charge in [0.15, 0.2) is 0 Å². The van der Waals surface area contributed by atoms with Crippen LogP contribution in [0.2, 0.25) is 0 Å². The zero-order chi connectivity index (χ0) is 15.8. The molecule has 2 aromatic carbocycles. The fourth-order valence-electron chi connectivity index (χ4n) is 1.80. The van der Waals surface area contributed by atoms with E-state index in [1.54, 1.807) is 30.3 Å². The van der Waals surface area contributed by atoms with Gasteiger partial charge in [0, 0.05) is 0 Å². The van der Waals surface area contributed by atoms with Crippen LogP contribution in [0.25, 0.3) is 5.76 Å². The van der Waals surface area contributed by atoms with Crippen LogP contribution in [-0.2, 0) is 25.3 Å². The third kappa shape index (κ3) is 4.78. The van der Waals surface area contributed by atoms with Gasteiger partial charge in [0.25, 0.3) is 0 Å². The van der Waals surface area contributed by atoms with Crippen molar-refractivity contribution < 1.29 is 30.1 Å². The van der Waals surface area contributed by atoms with Crippen molar-refractivity contribution in [3.8, 4) is 0 Å². The first-order valence-electron chi connectivity index (χ1n) is 6.92. The van der Waals surface area contributed by atoms with E-state index in [2.05, 4.69) is 15.9 Å². The van der Waals surface area contributed by atoms with E-state index in [0.29, 0.717) is 22.5 Å². The first-order chi connectivity index (χ1) is 10.7. The second-order valence-corrected chi connectivity index (χ2v) is 5.01. The SMILES string of the molecule is CCO[C](=[Cr])/C=C(\OC(=O)c1ccccc1)c1ccccc1. The summed E-state index contributed by atoms with van der Waals surface area (Å²) in [6.45, 7) is 2.43. The number of benzene rings is 2. The first-order valence-corrected chi connectivity index (χ1v) is 7.55. The van der Waals surface area contributed by atoms with Crippen LogP contribution in [0.3, 0.4) is 0 Å². The summed E-state index contributed by atoms with van der Waals surface area (Å²) >= 11 is 2.82. The number of esters is 1. The Morgan fingerprint density at radius 3 is 2.09 bits per heavy atom. The Bertz CT molecular complexity index is 663. The second kappa shape index (κ2) is 8.45. The Morgan fingerprint density at radius 1 is 1.00 bits per heavy atom. The van der Waals surface area contributed by atoms with Crippen molar-refractivity contribution in [3.63, 3.8) is 0 Å². The molecular formula is C18H16CrO3. The predicted octanol–water partition coefficient (Wildman–Crippen LogP) is 3.60. The van der Waals surface area contributed by atoms with E-state index >= 15 is 0 Å². The van der Waals surface area contributed by atoms with Gasteiger partial charge >= 0.3 is 138 Å². The Morgan fingerprint density at radius 2 is 1.55 bits per heavy atom. The van der Waals surface area contributed by atoms with Gasteiger partial charge in [-0.1, -0.05) is 0 Å². The van der Waals surface area contributed by atoms with E-state index in [1.807, 2.05) is 43.3 Å². The van der Waals surface area contributed by atoms with Crippen molar-refractivity contribution >= 4 is 16.3 Å². The number of carbonyl (C=O) groups excluding carboxylic acids is 1. The van der Waals surface area contributed by atoms with Gasteiger partial charge in [-0.15, -0.1) is 0 Å².